The van der Waals surface area contributed by atoms with Crippen LogP contribution in [0.15, 0.2) is 55.0 Å². The number of nitrogens with zero attached hydrogens (tertiary/aromatic N) is 1. The molecule has 0 aliphatic carbocycles. The third kappa shape index (κ3) is 4.74. The van der Waals surface area contributed by atoms with Gasteiger partial charge in [0.25, 0.3) is 0 Å². The average Bonchev–Trinajstić information content (AvgIpc) is 2.46. The SMILES string of the molecule is O=C(N/C=C/c1cccc(Cl)c1)NCc1cccnc1. The first kappa shape index (κ1) is 14.1. The number of carbonyl (C=O) groups is 1. The van der Waals surface area contributed by atoms with Crippen molar-refractivity contribution in [3.8, 4) is 0 Å². The molecule has 1 aromatic heterocycles. The largest absolute Gasteiger partial charge is 0.334 e. The number of carbonyl (C=O) groups excluding carboxylic acids is 1. The smallest absolute Gasteiger partial charge is 0.319 e. The lowest BCUT2D eigenvalue weighted by Crippen LogP contribution is -2.31. The number of hydrogen-bond donors (Lipinski definition) is 2. The summed E-state index contributed by atoms with van der Waals surface area (Å²) < 4.78 is 0. The van der Waals surface area contributed by atoms with E-state index < -0.39 is 0 Å². The van der Waals surface area contributed by atoms with Crippen molar-refractivity contribution in [3.05, 3.63) is 71.1 Å². The van der Waals surface area contributed by atoms with Crippen molar-refractivity contribution >= 4 is 23.7 Å². The molecule has 1 aromatic carbocycles. The van der Waals surface area contributed by atoms with Gasteiger partial charge in [-0.15, -0.1) is 0 Å². The summed E-state index contributed by atoms with van der Waals surface area (Å²) >= 11 is 5.86. The molecule has 2 amide bonds. The topological polar surface area (TPSA) is 54.0 Å². The quantitative estimate of drug-likeness (QED) is 0.907. The van der Waals surface area contributed by atoms with Crippen molar-refractivity contribution in [1.82, 2.24) is 15.6 Å². The molecule has 4 nitrogen and oxygen atoms in total. The van der Waals surface area contributed by atoms with Crippen LogP contribution in [0.4, 0.5) is 4.79 Å². The van der Waals surface area contributed by atoms with E-state index in [-0.39, 0.29) is 6.03 Å². The Labute approximate surface area is 122 Å². The van der Waals surface area contributed by atoms with Gasteiger partial charge in [0.2, 0.25) is 0 Å². The number of hydrogen-bond acceptors (Lipinski definition) is 2. The minimum Gasteiger partial charge on any atom is -0.334 e. The standard InChI is InChI=1S/C15H14ClN3O/c16-14-5-1-3-12(9-14)6-8-18-15(20)19-11-13-4-2-7-17-10-13/h1-10H,11H2,(H2,18,19,20)/b8-6+. The second kappa shape index (κ2) is 7.31. The highest BCUT2D eigenvalue weighted by Gasteiger charge is 1.97. The summed E-state index contributed by atoms with van der Waals surface area (Å²) in [4.78, 5) is 15.5. The molecule has 102 valence electrons. The maximum atomic E-state index is 11.6. The van der Waals surface area contributed by atoms with E-state index in [2.05, 4.69) is 15.6 Å². The highest BCUT2D eigenvalue weighted by atomic mass is 35.5. The van der Waals surface area contributed by atoms with Crippen molar-refractivity contribution in [2.45, 2.75) is 6.54 Å². The molecule has 0 unspecified atom stereocenters. The second-order valence-electron chi connectivity index (χ2n) is 4.08. The Kier molecular flexibility index (Phi) is 5.15. The van der Waals surface area contributed by atoms with Gasteiger partial charge >= 0.3 is 6.03 Å². The summed E-state index contributed by atoms with van der Waals surface area (Å²) in [5, 5.41) is 6.02. The summed E-state index contributed by atoms with van der Waals surface area (Å²) in [5.74, 6) is 0. The molecular formula is C15H14ClN3O. The molecule has 2 N–H and O–H groups in total. The van der Waals surface area contributed by atoms with Crippen molar-refractivity contribution < 1.29 is 4.79 Å². The van der Waals surface area contributed by atoms with Gasteiger partial charge in [0, 0.05) is 30.2 Å². The van der Waals surface area contributed by atoms with E-state index in [0.29, 0.717) is 11.6 Å². The predicted octanol–water partition coefficient (Wildman–Crippen LogP) is 3.21. The van der Waals surface area contributed by atoms with Crippen molar-refractivity contribution in [3.63, 3.8) is 0 Å². The molecule has 0 saturated heterocycles. The molecule has 0 aliphatic rings. The minimum absolute atomic E-state index is 0.271. The Morgan fingerprint density at radius 3 is 2.95 bits per heavy atom. The van der Waals surface area contributed by atoms with Gasteiger partial charge in [-0.25, -0.2) is 4.79 Å². The van der Waals surface area contributed by atoms with Crippen LogP contribution in [0, 0.1) is 0 Å². The van der Waals surface area contributed by atoms with Crippen LogP contribution in [0.1, 0.15) is 11.1 Å². The highest BCUT2D eigenvalue weighted by Crippen LogP contribution is 2.11. The zero-order valence-corrected chi connectivity index (χ0v) is 11.5. The number of halogens is 1. The molecular weight excluding hydrogens is 274 g/mol. The summed E-state index contributed by atoms with van der Waals surface area (Å²) in [6, 6.07) is 10.8. The highest BCUT2D eigenvalue weighted by molar-refractivity contribution is 6.30. The third-order valence-electron chi connectivity index (χ3n) is 2.51. The normalized spacial score (nSPS) is 10.4. The van der Waals surface area contributed by atoms with Gasteiger partial charge in [-0.3, -0.25) is 4.98 Å². The van der Waals surface area contributed by atoms with E-state index >= 15 is 0 Å². The maximum absolute atomic E-state index is 11.6. The van der Waals surface area contributed by atoms with Crippen LogP contribution in [0.25, 0.3) is 6.08 Å². The van der Waals surface area contributed by atoms with E-state index in [1.54, 1.807) is 30.7 Å². The summed E-state index contributed by atoms with van der Waals surface area (Å²) in [7, 11) is 0. The number of rotatable bonds is 4. The van der Waals surface area contributed by atoms with Crippen molar-refractivity contribution in [2.75, 3.05) is 0 Å². The van der Waals surface area contributed by atoms with Crippen molar-refractivity contribution in [2.24, 2.45) is 0 Å². The zero-order valence-electron chi connectivity index (χ0n) is 10.7. The van der Waals surface area contributed by atoms with Crippen LogP contribution in [-0.2, 0) is 6.54 Å². The number of urea groups is 1. The van der Waals surface area contributed by atoms with Crippen LogP contribution >= 0.6 is 11.6 Å². The molecule has 0 spiro atoms. The van der Waals surface area contributed by atoms with Gasteiger partial charge in [-0.05, 0) is 35.4 Å². The summed E-state index contributed by atoms with van der Waals surface area (Å²) in [6.07, 6.45) is 6.75. The molecule has 2 rings (SSSR count). The van der Waals surface area contributed by atoms with E-state index in [0.717, 1.165) is 11.1 Å². The Balaban J connectivity index is 1.78. The van der Waals surface area contributed by atoms with Crippen LogP contribution < -0.4 is 10.6 Å². The van der Waals surface area contributed by atoms with E-state index in [1.807, 2.05) is 30.3 Å². The van der Waals surface area contributed by atoms with Gasteiger partial charge in [0.05, 0.1) is 0 Å². The average molecular weight is 288 g/mol. The van der Waals surface area contributed by atoms with Crippen LogP contribution in [0.5, 0.6) is 0 Å². The van der Waals surface area contributed by atoms with Crippen LogP contribution in [-0.4, -0.2) is 11.0 Å². The molecule has 0 bridgehead atoms. The van der Waals surface area contributed by atoms with Gasteiger partial charge in [-0.1, -0.05) is 29.8 Å². The molecule has 0 atom stereocenters. The van der Waals surface area contributed by atoms with Crippen molar-refractivity contribution in [1.29, 1.82) is 0 Å². The Morgan fingerprint density at radius 1 is 1.30 bits per heavy atom. The molecule has 0 saturated carbocycles. The molecule has 0 aliphatic heterocycles. The molecule has 2 aromatic rings. The Bertz CT molecular complexity index is 599. The zero-order chi connectivity index (χ0) is 14.2. The fourth-order valence-corrected chi connectivity index (χ4v) is 1.76. The molecule has 20 heavy (non-hydrogen) atoms. The first-order valence-corrected chi connectivity index (χ1v) is 6.47. The number of benzene rings is 1. The van der Waals surface area contributed by atoms with Gasteiger partial charge < -0.3 is 10.6 Å². The van der Waals surface area contributed by atoms with Gasteiger partial charge in [0.1, 0.15) is 0 Å². The fourth-order valence-electron chi connectivity index (χ4n) is 1.56. The van der Waals surface area contributed by atoms with E-state index in [4.69, 9.17) is 11.6 Å². The Hall–Kier alpha value is -2.33. The van der Waals surface area contributed by atoms with Gasteiger partial charge in [-0.2, -0.15) is 0 Å². The van der Waals surface area contributed by atoms with Gasteiger partial charge in [0.15, 0.2) is 0 Å². The first-order chi connectivity index (χ1) is 9.74. The fraction of sp³-hybridized carbons (Fsp3) is 0.0667. The minimum atomic E-state index is -0.271. The monoisotopic (exact) mass is 287 g/mol. The lowest BCUT2D eigenvalue weighted by atomic mass is 10.2. The lowest BCUT2D eigenvalue weighted by Gasteiger charge is -2.04. The molecule has 0 radical (unpaired) electrons. The predicted molar refractivity (Wildman–Crippen MR) is 80.1 cm³/mol. The van der Waals surface area contributed by atoms with Crippen LogP contribution in [0.2, 0.25) is 5.02 Å². The number of nitrogens with one attached hydrogen (secondary N) is 2. The van der Waals surface area contributed by atoms with E-state index in [1.165, 1.54) is 0 Å². The second-order valence-corrected chi connectivity index (χ2v) is 4.51. The lowest BCUT2D eigenvalue weighted by molar-refractivity contribution is 0.244. The molecule has 5 heteroatoms. The summed E-state index contributed by atoms with van der Waals surface area (Å²) in [5.41, 5.74) is 1.87. The van der Waals surface area contributed by atoms with Crippen LogP contribution in [0.3, 0.4) is 0 Å². The summed E-state index contributed by atoms with van der Waals surface area (Å²) in [6.45, 7) is 0.435. The van der Waals surface area contributed by atoms with E-state index in [9.17, 15) is 4.79 Å². The third-order valence-corrected chi connectivity index (χ3v) is 2.75. The molecule has 1 heterocycles. The number of amides is 2. The number of pyridine rings is 1. The number of aromatic nitrogens is 1. The maximum Gasteiger partial charge on any atom is 0.319 e. The Morgan fingerprint density at radius 2 is 2.20 bits per heavy atom. The first-order valence-electron chi connectivity index (χ1n) is 6.09. The molecule has 0 fully saturated rings.